The van der Waals surface area contributed by atoms with Crippen LogP contribution in [0.4, 0.5) is 4.79 Å². The van der Waals surface area contributed by atoms with Crippen LogP contribution in [0.3, 0.4) is 0 Å². The molecule has 0 spiro atoms. The van der Waals surface area contributed by atoms with Crippen LogP contribution in [0, 0.1) is 0 Å². The highest BCUT2D eigenvalue weighted by Gasteiger charge is 2.16. The van der Waals surface area contributed by atoms with E-state index in [0.29, 0.717) is 26.3 Å². The number of carbonyl (C=O) groups is 1. The Labute approximate surface area is 77.3 Å². The third kappa shape index (κ3) is 3.71. The lowest BCUT2D eigenvalue weighted by Crippen LogP contribution is -2.39. The molecule has 0 bridgehead atoms. The molecule has 2 N–H and O–H groups in total. The topological polar surface area (TPSA) is 85.0 Å². The van der Waals surface area contributed by atoms with Crippen LogP contribution in [0.2, 0.25) is 0 Å². The first kappa shape index (κ1) is 10.4. The Bertz CT molecular complexity index is 294. The molecule has 1 aliphatic rings. The first-order valence-corrected chi connectivity index (χ1v) is 5.84. The number of rotatable bonds is 0. The summed E-state index contributed by atoms with van der Waals surface area (Å²) in [6, 6.07) is -0.515. The number of nitrogens with zero attached hydrogens (tertiary/aromatic N) is 2. The van der Waals surface area contributed by atoms with E-state index in [1.807, 2.05) is 0 Å². The fraction of sp³-hybridized carbons (Fsp3) is 0.833. The fourth-order valence-electron chi connectivity index (χ4n) is 0.967. The van der Waals surface area contributed by atoms with Crippen LogP contribution >= 0.6 is 0 Å². The van der Waals surface area contributed by atoms with Gasteiger partial charge in [-0.05, 0) is 0 Å². The summed E-state index contributed by atoms with van der Waals surface area (Å²) < 4.78 is 19.4. The molecule has 1 atom stereocenters. The summed E-state index contributed by atoms with van der Waals surface area (Å²) in [5.41, 5.74) is 0. The molecule has 0 aromatic rings. The summed E-state index contributed by atoms with van der Waals surface area (Å²) in [5.74, 6) is 0. The smallest absolute Gasteiger partial charge is 0.352 e. The van der Waals surface area contributed by atoms with Gasteiger partial charge in [0.05, 0.1) is 13.2 Å². The second kappa shape index (κ2) is 4.03. The first-order valence-electron chi connectivity index (χ1n) is 3.85. The van der Waals surface area contributed by atoms with Crippen molar-refractivity contribution in [2.45, 2.75) is 0 Å². The molecule has 76 valence electrons. The molecule has 1 aliphatic heterocycles. The lowest BCUT2D eigenvalue weighted by Gasteiger charge is -2.24. The standard InChI is InChI=1S/C6H13N3O3S/c1-13(7,11)8-6(10)9-2-4-12-5-3-9/h2-5H2,1H3,(H2,7,8,10,11). The number of morpholine rings is 1. The van der Waals surface area contributed by atoms with Crippen molar-refractivity contribution in [2.75, 3.05) is 32.6 Å². The Morgan fingerprint density at radius 2 is 2.08 bits per heavy atom. The quantitative estimate of drug-likeness (QED) is 0.576. The molecule has 1 rings (SSSR count). The summed E-state index contributed by atoms with van der Waals surface area (Å²) in [7, 11) is -2.83. The van der Waals surface area contributed by atoms with Crippen LogP contribution in [-0.2, 0) is 14.7 Å². The van der Waals surface area contributed by atoms with Gasteiger partial charge in [0, 0.05) is 19.3 Å². The van der Waals surface area contributed by atoms with Gasteiger partial charge in [0.25, 0.3) is 0 Å². The van der Waals surface area contributed by atoms with Gasteiger partial charge in [0.2, 0.25) is 0 Å². The third-order valence-corrected chi connectivity index (χ3v) is 2.06. The van der Waals surface area contributed by atoms with E-state index in [4.69, 9.17) is 9.88 Å². The van der Waals surface area contributed by atoms with Gasteiger partial charge < -0.3 is 9.64 Å². The molecule has 1 unspecified atom stereocenters. The van der Waals surface area contributed by atoms with Crippen molar-refractivity contribution in [1.82, 2.24) is 4.90 Å². The summed E-state index contributed by atoms with van der Waals surface area (Å²) >= 11 is 0. The highest BCUT2D eigenvalue weighted by Crippen LogP contribution is 2.00. The number of hydrogen-bond donors (Lipinski definition) is 1. The van der Waals surface area contributed by atoms with Gasteiger partial charge in [0.1, 0.15) is 9.92 Å². The molecule has 0 saturated carbocycles. The summed E-state index contributed by atoms with van der Waals surface area (Å²) in [5, 5.41) is 5.13. The lowest BCUT2D eigenvalue weighted by molar-refractivity contribution is 0.0556. The zero-order chi connectivity index (χ0) is 9.90. The van der Waals surface area contributed by atoms with Crippen molar-refractivity contribution in [3.8, 4) is 0 Å². The number of nitrogens with two attached hydrogens (primary N) is 1. The summed E-state index contributed by atoms with van der Waals surface area (Å²) in [6.45, 7) is 1.96. The Morgan fingerprint density at radius 3 is 2.54 bits per heavy atom. The Kier molecular flexibility index (Phi) is 3.23. The monoisotopic (exact) mass is 207 g/mol. The van der Waals surface area contributed by atoms with Crippen molar-refractivity contribution in [1.29, 1.82) is 0 Å². The average molecular weight is 207 g/mol. The van der Waals surface area contributed by atoms with Crippen molar-refractivity contribution >= 4 is 15.9 Å². The maximum Gasteiger partial charge on any atom is 0.352 e. The second-order valence-corrected chi connectivity index (χ2v) is 4.74. The third-order valence-electron chi connectivity index (χ3n) is 1.54. The summed E-state index contributed by atoms with van der Waals surface area (Å²) in [6.07, 6.45) is 1.23. The number of urea groups is 1. The van der Waals surface area contributed by atoms with Gasteiger partial charge in [-0.1, -0.05) is 0 Å². The second-order valence-electron chi connectivity index (χ2n) is 2.83. The number of carbonyl (C=O) groups excluding carboxylic acids is 1. The van der Waals surface area contributed by atoms with Crippen LogP contribution in [-0.4, -0.2) is 47.7 Å². The van der Waals surface area contributed by atoms with E-state index in [1.54, 1.807) is 0 Å². The molecular weight excluding hydrogens is 194 g/mol. The van der Waals surface area contributed by atoms with Crippen molar-refractivity contribution in [3.05, 3.63) is 0 Å². The van der Waals surface area contributed by atoms with Gasteiger partial charge in [-0.15, -0.1) is 4.36 Å². The van der Waals surface area contributed by atoms with E-state index < -0.39 is 15.9 Å². The number of amides is 2. The molecule has 1 fully saturated rings. The van der Waals surface area contributed by atoms with Gasteiger partial charge in [-0.3, -0.25) is 0 Å². The number of hydrogen-bond acceptors (Lipinski definition) is 3. The molecular formula is C6H13N3O3S. The molecule has 0 aromatic carbocycles. The molecule has 1 heterocycles. The Morgan fingerprint density at radius 1 is 1.54 bits per heavy atom. The van der Waals surface area contributed by atoms with E-state index in [9.17, 15) is 9.00 Å². The minimum absolute atomic E-state index is 0.484. The maximum absolute atomic E-state index is 11.3. The minimum Gasteiger partial charge on any atom is -0.378 e. The van der Waals surface area contributed by atoms with Crippen LogP contribution in [0.15, 0.2) is 4.36 Å². The van der Waals surface area contributed by atoms with Gasteiger partial charge in [-0.25, -0.2) is 14.1 Å². The van der Waals surface area contributed by atoms with Crippen molar-refractivity contribution < 1.29 is 13.7 Å². The van der Waals surface area contributed by atoms with Crippen molar-refractivity contribution in [2.24, 2.45) is 9.50 Å². The van der Waals surface area contributed by atoms with Crippen LogP contribution in [0.5, 0.6) is 0 Å². The molecule has 2 amide bonds. The highest BCUT2D eigenvalue weighted by molar-refractivity contribution is 7.90. The normalized spacial score (nSPS) is 22.2. The lowest BCUT2D eigenvalue weighted by atomic mass is 10.4. The zero-order valence-electron chi connectivity index (χ0n) is 7.43. The zero-order valence-corrected chi connectivity index (χ0v) is 8.25. The van der Waals surface area contributed by atoms with Crippen molar-refractivity contribution in [3.63, 3.8) is 0 Å². The van der Waals surface area contributed by atoms with E-state index >= 15 is 0 Å². The molecule has 0 radical (unpaired) electrons. The molecule has 7 heteroatoms. The molecule has 1 saturated heterocycles. The minimum atomic E-state index is -2.83. The van der Waals surface area contributed by atoms with Crippen LogP contribution < -0.4 is 5.14 Å². The fourth-order valence-corrected chi connectivity index (χ4v) is 1.39. The largest absolute Gasteiger partial charge is 0.378 e. The predicted molar refractivity (Wildman–Crippen MR) is 48.5 cm³/mol. The van der Waals surface area contributed by atoms with Crippen LogP contribution in [0.1, 0.15) is 0 Å². The molecule has 0 aromatic heterocycles. The van der Waals surface area contributed by atoms with Crippen LogP contribution in [0.25, 0.3) is 0 Å². The van der Waals surface area contributed by atoms with E-state index in [1.165, 1.54) is 11.2 Å². The molecule has 6 nitrogen and oxygen atoms in total. The van der Waals surface area contributed by atoms with Gasteiger partial charge in [-0.2, -0.15) is 0 Å². The maximum atomic E-state index is 11.3. The summed E-state index contributed by atoms with van der Waals surface area (Å²) in [4.78, 5) is 12.7. The average Bonchev–Trinajstić information content (AvgIpc) is 2.03. The number of ether oxygens (including phenoxy) is 1. The Balaban J connectivity index is 2.62. The first-order chi connectivity index (χ1) is 5.99. The predicted octanol–water partition coefficient (Wildman–Crippen LogP) is -0.590. The van der Waals surface area contributed by atoms with E-state index in [0.717, 1.165) is 0 Å². The molecule has 13 heavy (non-hydrogen) atoms. The van der Waals surface area contributed by atoms with E-state index in [-0.39, 0.29) is 0 Å². The highest BCUT2D eigenvalue weighted by atomic mass is 32.2. The van der Waals surface area contributed by atoms with Gasteiger partial charge in [0.15, 0.2) is 0 Å². The van der Waals surface area contributed by atoms with E-state index in [2.05, 4.69) is 4.36 Å². The Hall–Kier alpha value is -0.660. The SMILES string of the molecule is CS(N)(=O)=NC(=O)N1CCOCC1. The van der Waals surface area contributed by atoms with Gasteiger partial charge >= 0.3 is 6.03 Å². The molecule has 0 aliphatic carbocycles.